The van der Waals surface area contributed by atoms with E-state index in [1.165, 1.54) is 18.0 Å². The lowest BCUT2D eigenvalue weighted by atomic mass is 10.3. The molecule has 2 aromatic heterocycles. The fraction of sp³-hybridized carbons (Fsp3) is 0.0909. The highest BCUT2D eigenvalue weighted by Gasteiger charge is 2.12. The van der Waals surface area contributed by atoms with Crippen molar-refractivity contribution in [3.05, 3.63) is 42.0 Å². The molecule has 0 aliphatic carbocycles. The molecule has 0 fully saturated rings. The maximum Gasteiger partial charge on any atom is 0.338 e. The third-order valence-electron chi connectivity index (χ3n) is 1.99. The second-order valence-corrected chi connectivity index (χ2v) is 4.27. The molecule has 1 N–H and O–H groups in total. The van der Waals surface area contributed by atoms with Crippen molar-refractivity contribution in [3.63, 3.8) is 0 Å². The van der Waals surface area contributed by atoms with E-state index in [9.17, 15) is 4.79 Å². The molecule has 0 saturated carbocycles. The molecule has 0 atom stereocenters. The van der Waals surface area contributed by atoms with Crippen LogP contribution in [0.25, 0.3) is 0 Å². The van der Waals surface area contributed by atoms with Gasteiger partial charge in [-0.25, -0.2) is 14.8 Å². The molecule has 86 valence electrons. The van der Waals surface area contributed by atoms with E-state index in [0.29, 0.717) is 10.1 Å². The second kappa shape index (κ2) is 4.92. The molecule has 0 unspecified atom stereocenters. The van der Waals surface area contributed by atoms with Gasteiger partial charge < -0.3 is 5.11 Å². The van der Waals surface area contributed by atoms with Crippen molar-refractivity contribution >= 4 is 17.7 Å². The monoisotopic (exact) mass is 247 g/mol. The zero-order valence-corrected chi connectivity index (χ0v) is 9.81. The molecular formula is C11H9N3O2S. The number of hydrogen-bond donors (Lipinski definition) is 1. The Morgan fingerprint density at radius 3 is 2.88 bits per heavy atom. The predicted octanol–water partition coefficient (Wildman–Crippen LogP) is 2.03. The number of pyridine rings is 1. The number of aryl methyl sites for hydroxylation is 1. The van der Waals surface area contributed by atoms with Gasteiger partial charge in [-0.15, -0.1) is 0 Å². The van der Waals surface area contributed by atoms with Crippen LogP contribution < -0.4 is 0 Å². The van der Waals surface area contributed by atoms with Crippen molar-refractivity contribution in [3.8, 4) is 0 Å². The summed E-state index contributed by atoms with van der Waals surface area (Å²) in [5, 5.41) is 9.53. The average molecular weight is 247 g/mol. The number of aromatic nitrogens is 3. The van der Waals surface area contributed by atoms with Crippen molar-refractivity contribution < 1.29 is 9.90 Å². The fourth-order valence-corrected chi connectivity index (χ4v) is 2.08. The Kier molecular flexibility index (Phi) is 3.34. The van der Waals surface area contributed by atoms with E-state index in [1.807, 2.05) is 6.92 Å². The molecule has 17 heavy (non-hydrogen) atoms. The van der Waals surface area contributed by atoms with Crippen LogP contribution in [0.1, 0.15) is 16.1 Å². The molecule has 6 heteroatoms. The van der Waals surface area contributed by atoms with E-state index >= 15 is 0 Å². The molecule has 0 aliphatic rings. The lowest BCUT2D eigenvalue weighted by Gasteiger charge is -2.03. The highest BCUT2D eigenvalue weighted by molar-refractivity contribution is 7.99. The van der Waals surface area contributed by atoms with Gasteiger partial charge in [0.25, 0.3) is 0 Å². The van der Waals surface area contributed by atoms with Crippen LogP contribution in [-0.2, 0) is 0 Å². The molecule has 0 bridgehead atoms. The van der Waals surface area contributed by atoms with Crippen LogP contribution in [-0.4, -0.2) is 26.0 Å². The van der Waals surface area contributed by atoms with E-state index in [2.05, 4.69) is 15.0 Å². The number of rotatable bonds is 3. The van der Waals surface area contributed by atoms with Crippen molar-refractivity contribution in [2.24, 2.45) is 0 Å². The van der Waals surface area contributed by atoms with Gasteiger partial charge in [-0.3, -0.25) is 4.98 Å². The molecule has 2 aromatic rings. The van der Waals surface area contributed by atoms with Crippen molar-refractivity contribution in [2.45, 2.75) is 17.0 Å². The van der Waals surface area contributed by atoms with E-state index < -0.39 is 5.97 Å². The van der Waals surface area contributed by atoms with Crippen LogP contribution >= 0.6 is 11.8 Å². The Hall–Kier alpha value is -1.95. The van der Waals surface area contributed by atoms with Gasteiger partial charge in [0.15, 0.2) is 5.16 Å². The maximum absolute atomic E-state index is 11.0. The number of hydrogen-bond acceptors (Lipinski definition) is 5. The van der Waals surface area contributed by atoms with Gasteiger partial charge in [-0.2, -0.15) is 0 Å². The van der Waals surface area contributed by atoms with Gasteiger partial charge in [0.1, 0.15) is 0 Å². The Bertz CT molecular complexity index is 560. The fourth-order valence-electron chi connectivity index (χ4n) is 1.20. The van der Waals surface area contributed by atoms with E-state index in [-0.39, 0.29) is 5.56 Å². The van der Waals surface area contributed by atoms with Gasteiger partial charge in [-0.1, -0.05) is 0 Å². The van der Waals surface area contributed by atoms with Crippen LogP contribution in [0.5, 0.6) is 0 Å². The van der Waals surface area contributed by atoms with E-state index in [4.69, 9.17) is 5.11 Å². The summed E-state index contributed by atoms with van der Waals surface area (Å²) < 4.78 is 0. The van der Waals surface area contributed by atoms with Crippen LogP contribution in [0, 0.1) is 6.92 Å². The summed E-state index contributed by atoms with van der Waals surface area (Å²) in [7, 11) is 0. The maximum atomic E-state index is 11.0. The SMILES string of the molecule is Cc1ccnc(Sc2ccncc2C(=O)O)n1. The third kappa shape index (κ3) is 2.79. The molecule has 0 amide bonds. The molecule has 5 nitrogen and oxygen atoms in total. The number of carbonyl (C=O) groups is 1. The molecule has 2 rings (SSSR count). The second-order valence-electron chi connectivity index (χ2n) is 3.26. The lowest BCUT2D eigenvalue weighted by Crippen LogP contribution is -2.00. The Balaban J connectivity index is 2.33. The van der Waals surface area contributed by atoms with Crippen molar-refractivity contribution in [2.75, 3.05) is 0 Å². The zero-order chi connectivity index (χ0) is 12.3. The van der Waals surface area contributed by atoms with Gasteiger partial charge in [0.2, 0.25) is 0 Å². The van der Waals surface area contributed by atoms with Crippen molar-refractivity contribution in [1.82, 2.24) is 15.0 Å². The lowest BCUT2D eigenvalue weighted by molar-refractivity contribution is 0.0692. The zero-order valence-electron chi connectivity index (χ0n) is 8.99. The summed E-state index contributed by atoms with van der Waals surface area (Å²) in [6, 6.07) is 3.43. The first-order valence-corrected chi connectivity index (χ1v) is 5.63. The molecule has 0 aromatic carbocycles. The Labute approximate surface area is 102 Å². The van der Waals surface area contributed by atoms with E-state index in [0.717, 1.165) is 5.69 Å². The smallest absolute Gasteiger partial charge is 0.338 e. The third-order valence-corrected chi connectivity index (χ3v) is 2.94. The molecular weight excluding hydrogens is 238 g/mol. The summed E-state index contributed by atoms with van der Waals surface area (Å²) in [6.07, 6.45) is 4.51. The first-order chi connectivity index (χ1) is 8.16. The van der Waals surface area contributed by atoms with Crippen LogP contribution in [0.2, 0.25) is 0 Å². The molecule has 2 heterocycles. The highest BCUT2D eigenvalue weighted by Crippen LogP contribution is 2.27. The summed E-state index contributed by atoms with van der Waals surface area (Å²) >= 11 is 1.21. The minimum absolute atomic E-state index is 0.155. The number of carboxylic acids is 1. The first kappa shape index (κ1) is 11.5. The largest absolute Gasteiger partial charge is 0.478 e. The van der Waals surface area contributed by atoms with Gasteiger partial charge >= 0.3 is 5.97 Å². The quantitative estimate of drug-likeness (QED) is 0.836. The van der Waals surface area contributed by atoms with Crippen LogP contribution in [0.3, 0.4) is 0 Å². The molecule has 0 radical (unpaired) electrons. The molecule has 0 saturated heterocycles. The normalized spacial score (nSPS) is 10.2. The van der Waals surface area contributed by atoms with Gasteiger partial charge in [0.05, 0.1) is 5.56 Å². The summed E-state index contributed by atoms with van der Waals surface area (Å²) in [5.41, 5.74) is 0.996. The number of nitrogens with zero attached hydrogens (tertiary/aromatic N) is 3. The summed E-state index contributed by atoms with van der Waals surface area (Å²) in [4.78, 5) is 23.6. The average Bonchev–Trinajstić information content (AvgIpc) is 2.29. The minimum atomic E-state index is -1.01. The highest BCUT2D eigenvalue weighted by atomic mass is 32.2. The standard InChI is InChI=1S/C11H9N3O2S/c1-7-2-5-13-11(14-7)17-9-3-4-12-6-8(9)10(15)16/h2-6H,1H3,(H,15,16). The number of carboxylic acid groups (broad SMARTS) is 1. The van der Waals surface area contributed by atoms with Gasteiger partial charge in [-0.05, 0) is 30.8 Å². The minimum Gasteiger partial charge on any atom is -0.478 e. The number of aromatic carboxylic acids is 1. The molecule has 0 aliphatic heterocycles. The van der Waals surface area contributed by atoms with Gasteiger partial charge in [0, 0.05) is 29.2 Å². The Morgan fingerprint density at radius 1 is 1.35 bits per heavy atom. The summed E-state index contributed by atoms with van der Waals surface area (Å²) in [6.45, 7) is 1.86. The van der Waals surface area contributed by atoms with Crippen LogP contribution in [0.4, 0.5) is 0 Å². The van der Waals surface area contributed by atoms with Crippen LogP contribution in [0.15, 0.2) is 40.8 Å². The first-order valence-electron chi connectivity index (χ1n) is 4.81. The summed E-state index contributed by atoms with van der Waals surface area (Å²) in [5.74, 6) is -1.01. The van der Waals surface area contributed by atoms with E-state index in [1.54, 1.807) is 24.5 Å². The van der Waals surface area contributed by atoms with Crippen molar-refractivity contribution in [1.29, 1.82) is 0 Å². The predicted molar refractivity (Wildman–Crippen MR) is 62.1 cm³/mol. The Morgan fingerprint density at radius 2 is 2.18 bits per heavy atom. The topological polar surface area (TPSA) is 76.0 Å². The molecule has 0 spiro atoms.